The van der Waals surface area contributed by atoms with Gasteiger partial charge in [-0.25, -0.2) is 4.39 Å². The van der Waals surface area contributed by atoms with E-state index in [-0.39, 0.29) is 42.6 Å². The Morgan fingerprint density at radius 1 is 1.19 bits per heavy atom. The number of carbonyl (C=O) groups is 2. The first-order chi connectivity index (χ1) is 12.4. The van der Waals surface area contributed by atoms with Crippen LogP contribution in [0.25, 0.3) is 0 Å². The standard InChI is InChI=1S/C19H23FN2O4/c1-4-22(11-18(23)21-13(2)3)19(24)17-10-9-16(26-17)12-25-15-7-5-14(20)6-8-15/h5-10,13H,4,11-12H2,1-3H3,(H,21,23). The van der Waals surface area contributed by atoms with Crippen LogP contribution in [0.5, 0.6) is 5.75 Å². The number of ether oxygens (including phenoxy) is 1. The topological polar surface area (TPSA) is 71.8 Å². The van der Waals surface area contributed by atoms with E-state index >= 15 is 0 Å². The number of nitrogens with one attached hydrogen (secondary N) is 1. The zero-order valence-corrected chi connectivity index (χ0v) is 15.1. The Morgan fingerprint density at radius 2 is 1.88 bits per heavy atom. The van der Waals surface area contributed by atoms with Crippen molar-refractivity contribution < 1.29 is 23.1 Å². The fourth-order valence-electron chi connectivity index (χ4n) is 2.28. The molecule has 1 N–H and O–H groups in total. The average Bonchev–Trinajstić information content (AvgIpc) is 3.07. The van der Waals surface area contributed by atoms with Gasteiger partial charge in [0.1, 0.15) is 23.9 Å². The minimum Gasteiger partial charge on any atom is -0.486 e. The number of rotatable bonds is 8. The molecule has 26 heavy (non-hydrogen) atoms. The highest BCUT2D eigenvalue weighted by molar-refractivity contribution is 5.94. The minimum atomic E-state index is -0.362. The van der Waals surface area contributed by atoms with E-state index < -0.39 is 0 Å². The van der Waals surface area contributed by atoms with Gasteiger partial charge < -0.3 is 19.4 Å². The molecule has 0 aliphatic rings. The maximum atomic E-state index is 12.9. The third-order valence-electron chi connectivity index (χ3n) is 3.52. The molecule has 2 aromatic rings. The second-order valence-corrected chi connectivity index (χ2v) is 6.05. The molecule has 0 bridgehead atoms. The summed E-state index contributed by atoms with van der Waals surface area (Å²) in [6.45, 7) is 5.97. The molecule has 1 aromatic carbocycles. The molecule has 0 radical (unpaired) electrons. The van der Waals surface area contributed by atoms with Crippen LogP contribution in [-0.4, -0.2) is 35.8 Å². The van der Waals surface area contributed by atoms with Crippen LogP contribution in [0.2, 0.25) is 0 Å². The van der Waals surface area contributed by atoms with E-state index in [1.54, 1.807) is 19.1 Å². The predicted octanol–water partition coefficient (Wildman–Crippen LogP) is 2.98. The third kappa shape index (κ3) is 5.61. The summed E-state index contributed by atoms with van der Waals surface area (Å²) in [5, 5.41) is 2.75. The summed E-state index contributed by atoms with van der Waals surface area (Å²) in [7, 11) is 0. The Bertz CT molecular complexity index is 740. The lowest BCUT2D eigenvalue weighted by Crippen LogP contribution is -2.42. The van der Waals surface area contributed by atoms with Crippen molar-refractivity contribution in [2.45, 2.75) is 33.4 Å². The van der Waals surface area contributed by atoms with Crippen molar-refractivity contribution in [2.75, 3.05) is 13.1 Å². The Labute approximate surface area is 151 Å². The van der Waals surface area contributed by atoms with Crippen molar-refractivity contribution >= 4 is 11.8 Å². The molecule has 2 rings (SSSR count). The predicted molar refractivity (Wildman–Crippen MR) is 94.3 cm³/mol. The van der Waals surface area contributed by atoms with Crippen LogP contribution >= 0.6 is 0 Å². The van der Waals surface area contributed by atoms with Crippen molar-refractivity contribution in [3.05, 3.63) is 53.7 Å². The summed E-state index contributed by atoms with van der Waals surface area (Å²) >= 11 is 0. The molecule has 1 aromatic heterocycles. The quantitative estimate of drug-likeness (QED) is 0.784. The molecule has 0 unspecified atom stereocenters. The summed E-state index contributed by atoms with van der Waals surface area (Å²) in [6, 6.07) is 8.82. The van der Waals surface area contributed by atoms with Crippen LogP contribution in [0, 0.1) is 5.82 Å². The van der Waals surface area contributed by atoms with Gasteiger partial charge in [0.25, 0.3) is 5.91 Å². The smallest absolute Gasteiger partial charge is 0.290 e. The largest absolute Gasteiger partial charge is 0.486 e. The fraction of sp³-hybridized carbons (Fsp3) is 0.368. The average molecular weight is 362 g/mol. The second-order valence-electron chi connectivity index (χ2n) is 6.05. The van der Waals surface area contributed by atoms with Gasteiger partial charge in [0.15, 0.2) is 5.76 Å². The van der Waals surface area contributed by atoms with E-state index in [1.807, 2.05) is 13.8 Å². The van der Waals surface area contributed by atoms with Crippen LogP contribution in [0.15, 0.2) is 40.8 Å². The van der Waals surface area contributed by atoms with Gasteiger partial charge in [-0.15, -0.1) is 0 Å². The van der Waals surface area contributed by atoms with Crippen LogP contribution in [0.4, 0.5) is 4.39 Å². The number of halogens is 1. The van der Waals surface area contributed by atoms with Gasteiger partial charge >= 0.3 is 0 Å². The summed E-state index contributed by atoms with van der Waals surface area (Å²) in [5.41, 5.74) is 0. The number of amides is 2. The Hall–Kier alpha value is -2.83. The summed E-state index contributed by atoms with van der Waals surface area (Å²) in [6.07, 6.45) is 0. The van der Waals surface area contributed by atoms with E-state index in [1.165, 1.54) is 29.2 Å². The summed E-state index contributed by atoms with van der Waals surface area (Å²) in [5.74, 6) is 0.170. The van der Waals surface area contributed by atoms with Crippen molar-refractivity contribution in [3.8, 4) is 5.75 Å². The lowest BCUT2D eigenvalue weighted by Gasteiger charge is -2.20. The van der Waals surface area contributed by atoms with E-state index in [9.17, 15) is 14.0 Å². The summed E-state index contributed by atoms with van der Waals surface area (Å²) < 4.78 is 23.9. The molecule has 1 heterocycles. The first-order valence-electron chi connectivity index (χ1n) is 8.44. The molecule has 0 atom stereocenters. The molecule has 0 saturated carbocycles. The van der Waals surface area contributed by atoms with Crippen LogP contribution in [0.1, 0.15) is 37.1 Å². The number of hydrogen-bond acceptors (Lipinski definition) is 4. The monoisotopic (exact) mass is 362 g/mol. The Balaban J connectivity index is 1.94. The van der Waals surface area contributed by atoms with Crippen LogP contribution < -0.4 is 10.1 Å². The van der Waals surface area contributed by atoms with E-state index in [2.05, 4.69) is 5.32 Å². The maximum Gasteiger partial charge on any atom is 0.290 e. The molecule has 0 spiro atoms. The van der Waals surface area contributed by atoms with Crippen molar-refractivity contribution in [2.24, 2.45) is 0 Å². The number of hydrogen-bond donors (Lipinski definition) is 1. The fourth-order valence-corrected chi connectivity index (χ4v) is 2.28. The van der Waals surface area contributed by atoms with Gasteiger partial charge in [-0.3, -0.25) is 9.59 Å². The Morgan fingerprint density at radius 3 is 2.50 bits per heavy atom. The van der Waals surface area contributed by atoms with Gasteiger partial charge in [0, 0.05) is 12.6 Å². The molecule has 6 nitrogen and oxygen atoms in total. The molecule has 0 aliphatic heterocycles. The van der Waals surface area contributed by atoms with Crippen LogP contribution in [0.3, 0.4) is 0 Å². The highest BCUT2D eigenvalue weighted by atomic mass is 19.1. The lowest BCUT2D eigenvalue weighted by molar-refractivity contribution is -0.122. The highest BCUT2D eigenvalue weighted by Gasteiger charge is 2.20. The normalized spacial score (nSPS) is 10.7. The summed E-state index contributed by atoms with van der Waals surface area (Å²) in [4.78, 5) is 25.8. The number of benzene rings is 1. The van der Waals surface area contributed by atoms with Gasteiger partial charge in [-0.2, -0.15) is 0 Å². The molecular weight excluding hydrogens is 339 g/mol. The van der Waals surface area contributed by atoms with Crippen LogP contribution in [-0.2, 0) is 11.4 Å². The molecular formula is C19H23FN2O4. The maximum absolute atomic E-state index is 12.9. The molecule has 0 fully saturated rings. The minimum absolute atomic E-state index is 0.00938. The molecule has 7 heteroatoms. The van der Waals surface area contributed by atoms with Crippen molar-refractivity contribution in [3.63, 3.8) is 0 Å². The number of likely N-dealkylation sites (N-methyl/N-ethyl adjacent to an activating group) is 1. The van der Waals surface area contributed by atoms with E-state index in [0.717, 1.165) is 0 Å². The lowest BCUT2D eigenvalue weighted by atomic mass is 10.3. The zero-order valence-electron chi connectivity index (χ0n) is 15.1. The van der Waals surface area contributed by atoms with E-state index in [0.29, 0.717) is 18.1 Å². The van der Waals surface area contributed by atoms with E-state index in [4.69, 9.17) is 9.15 Å². The van der Waals surface area contributed by atoms with Crippen molar-refractivity contribution in [1.82, 2.24) is 10.2 Å². The highest BCUT2D eigenvalue weighted by Crippen LogP contribution is 2.16. The SMILES string of the molecule is CCN(CC(=O)NC(C)C)C(=O)c1ccc(COc2ccc(F)cc2)o1. The molecule has 140 valence electrons. The zero-order chi connectivity index (χ0) is 19.1. The van der Waals surface area contributed by atoms with Gasteiger partial charge in [0.2, 0.25) is 5.91 Å². The number of nitrogens with zero attached hydrogens (tertiary/aromatic N) is 1. The van der Waals surface area contributed by atoms with Crippen molar-refractivity contribution in [1.29, 1.82) is 0 Å². The van der Waals surface area contributed by atoms with Gasteiger partial charge in [-0.1, -0.05) is 0 Å². The third-order valence-corrected chi connectivity index (χ3v) is 3.52. The number of furan rings is 1. The van der Waals surface area contributed by atoms with Gasteiger partial charge in [0.05, 0.1) is 6.54 Å². The second kappa shape index (κ2) is 9.03. The van der Waals surface area contributed by atoms with Gasteiger partial charge in [-0.05, 0) is 57.2 Å². The molecule has 0 aliphatic carbocycles. The molecule has 0 saturated heterocycles. The number of carbonyl (C=O) groups excluding carboxylic acids is 2. The molecule has 2 amide bonds. The first-order valence-corrected chi connectivity index (χ1v) is 8.44. The first kappa shape index (κ1) is 19.5. The Kier molecular flexibility index (Phi) is 6.77.